The van der Waals surface area contributed by atoms with Gasteiger partial charge in [0.05, 0.1) is 13.2 Å². The van der Waals surface area contributed by atoms with Crippen molar-refractivity contribution in [2.75, 3.05) is 19.6 Å². The molecule has 6 heteroatoms. The number of aliphatic hydroxyl groups excluding tert-OH is 2. The Hall–Kier alpha value is 0.0700. The molecule has 0 aromatic rings. The Morgan fingerprint density at radius 2 is 2.00 bits per heavy atom. The normalized spacial score (nSPS) is 17.2. The molecule has 0 saturated carbocycles. The molecule has 0 amide bonds. The Morgan fingerprint density at radius 1 is 1.44 bits per heavy atom. The molecule has 3 N–H and O–H groups in total. The third kappa shape index (κ3) is 4.57. The first-order chi connectivity index (χ1) is 4.12. The molecule has 0 aromatic heterocycles. The van der Waals surface area contributed by atoms with Crippen LogP contribution in [0.25, 0.3) is 0 Å². The topological polar surface area (TPSA) is 87.0 Å². The standard InChI is InChI=1S/C3H9O5P/c4-1-2-8-9(6,7)3-5/h4-5H,1-3H2,(H,6,7). The van der Waals surface area contributed by atoms with Crippen molar-refractivity contribution in [3.05, 3.63) is 0 Å². The maximum Gasteiger partial charge on any atom is 0.353 e. The van der Waals surface area contributed by atoms with E-state index < -0.39 is 13.9 Å². The van der Waals surface area contributed by atoms with Crippen LogP contribution in [0.1, 0.15) is 0 Å². The molecular formula is C3H9O5P. The zero-order valence-electron chi connectivity index (χ0n) is 4.73. The molecule has 56 valence electrons. The van der Waals surface area contributed by atoms with Crippen molar-refractivity contribution < 1.29 is 24.2 Å². The van der Waals surface area contributed by atoms with Gasteiger partial charge in [0, 0.05) is 0 Å². The van der Waals surface area contributed by atoms with Crippen molar-refractivity contribution in [2.24, 2.45) is 0 Å². The third-order valence-electron chi connectivity index (χ3n) is 0.563. The molecular weight excluding hydrogens is 147 g/mol. The van der Waals surface area contributed by atoms with Gasteiger partial charge in [0.25, 0.3) is 0 Å². The molecule has 0 aromatic carbocycles. The predicted molar refractivity (Wildman–Crippen MR) is 29.9 cm³/mol. The van der Waals surface area contributed by atoms with E-state index in [1.165, 1.54) is 0 Å². The quantitative estimate of drug-likeness (QED) is 0.460. The van der Waals surface area contributed by atoms with Crippen LogP contribution >= 0.6 is 7.60 Å². The largest absolute Gasteiger partial charge is 0.394 e. The first-order valence-corrected chi connectivity index (χ1v) is 4.07. The molecule has 0 heterocycles. The lowest BCUT2D eigenvalue weighted by molar-refractivity contribution is 0.171. The Balaban J connectivity index is 3.46. The van der Waals surface area contributed by atoms with E-state index in [-0.39, 0.29) is 13.2 Å². The van der Waals surface area contributed by atoms with Gasteiger partial charge in [-0.15, -0.1) is 0 Å². The lowest BCUT2D eigenvalue weighted by Crippen LogP contribution is -1.99. The highest BCUT2D eigenvalue weighted by Gasteiger charge is 2.15. The maximum absolute atomic E-state index is 10.3. The van der Waals surface area contributed by atoms with Gasteiger partial charge in [-0.2, -0.15) is 0 Å². The van der Waals surface area contributed by atoms with Crippen LogP contribution in [0.3, 0.4) is 0 Å². The first kappa shape index (κ1) is 9.07. The van der Waals surface area contributed by atoms with Gasteiger partial charge in [-0.05, 0) is 0 Å². The summed E-state index contributed by atoms with van der Waals surface area (Å²) >= 11 is 0. The van der Waals surface area contributed by atoms with Crippen LogP contribution in [0.15, 0.2) is 0 Å². The summed E-state index contributed by atoms with van der Waals surface area (Å²) in [6.45, 7) is -0.557. The molecule has 1 unspecified atom stereocenters. The summed E-state index contributed by atoms with van der Waals surface area (Å²) < 4.78 is 14.5. The minimum absolute atomic E-state index is 0.228. The van der Waals surface area contributed by atoms with E-state index in [4.69, 9.17) is 15.1 Å². The highest BCUT2D eigenvalue weighted by Crippen LogP contribution is 2.39. The van der Waals surface area contributed by atoms with Gasteiger partial charge in [-0.3, -0.25) is 4.57 Å². The van der Waals surface area contributed by atoms with Crippen LogP contribution in [0.2, 0.25) is 0 Å². The molecule has 0 spiro atoms. The minimum atomic E-state index is -3.79. The zero-order valence-corrected chi connectivity index (χ0v) is 5.62. The fourth-order valence-electron chi connectivity index (χ4n) is 0.224. The predicted octanol–water partition coefficient (Wildman–Crippen LogP) is -0.870. The van der Waals surface area contributed by atoms with Crippen molar-refractivity contribution in [1.29, 1.82) is 0 Å². The Kier molecular flexibility index (Phi) is 4.01. The van der Waals surface area contributed by atoms with Crippen LogP contribution in [0.5, 0.6) is 0 Å². The molecule has 0 radical (unpaired) electrons. The van der Waals surface area contributed by atoms with Crippen molar-refractivity contribution >= 4 is 7.60 Å². The summed E-state index contributed by atoms with van der Waals surface area (Å²) in [5, 5.41) is 16.2. The molecule has 0 fully saturated rings. The van der Waals surface area contributed by atoms with Crippen molar-refractivity contribution in [3.8, 4) is 0 Å². The second-order valence-electron chi connectivity index (χ2n) is 1.34. The highest BCUT2D eigenvalue weighted by molar-refractivity contribution is 7.52. The Bertz CT molecular complexity index is 113. The average Bonchev–Trinajstić information content (AvgIpc) is 1.84. The Labute approximate surface area is 52.4 Å². The molecule has 1 atom stereocenters. The summed E-state index contributed by atoms with van der Waals surface area (Å²) in [7, 11) is -3.79. The SMILES string of the molecule is O=P(O)(CO)OCCO. The van der Waals surface area contributed by atoms with Gasteiger partial charge in [-0.25, -0.2) is 0 Å². The monoisotopic (exact) mass is 156 g/mol. The van der Waals surface area contributed by atoms with Crippen LogP contribution in [0, 0.1) is 0 Å². The zero-order chi connectivity index (χ0) is 7.33. The van der Waals surface area contributed by atoms with Crippen LogP contribution in [-0.2, 0) is 9.09 Å². The van der Waals surface area contributed by atoms with E-state index in [2.05, 4.69) is 4.52 Å². The van der Waals surface area contributed by atoms with Crippen LogP contribution in [0.4, 0.5) is 0 Å². The van der Waals surface area contributed by atoms with Gasteiger partial charge in [0.2, 0.25) is 0 Å². The van der Waals surface area contributed by atoms with Gasteiger partial charge >= 0.3 is 7.60 Å². The van der Waals surface area contributed by atoms with E-state index in [9.17, 15) is 4.57 Å². The van der Waals surface area contributed by atoms with E-state index in [0.29, 0.717) is 0 Å². The van der Waals surface area contributed by atoms with E-state index in [0.717, 1.165) is 0 Å². The smallest absolute Gasteiger partial charge is 0.353 e. The van der Waals surface area contributed by atoms with Crippen LogP contribution in [-0.4, -0.2) is 34.7 Å². The van der Waals surface area contributed by atoms with Crippen molar-refractivity contribution in [3.63, 3.8) is 0 Å². The second kappa shape index (κ2) is 3.98. The lowest BCUT2D eigenvalue weighted by atomic mass is 10.8. The summed E-state index contributed by atoms with van der Waals surface area (Å²) in [4.78, 5) is 8.43. The first-order valence-electron chi connectivity index (χ1n) is 2.30. The third-order valence-corrected chi connectivity index (χ3v) is 1.51. The number of hydrogen-bond donors (Lipinski definition) is 3. The number of hydrogen-bond acceptors (Lipinski definition) is 4. The fraction of sp³-hybridized carbons (Fsp3) is 1.00. The average molecular weight is 156 g/mol. The van der Waals surface area contributed by atoms with Crippen LogP contribution < -0.4 is 0 Å². The van der Waals surface area contributed by atoms with E-state index >= 15 is 0 Å². The summed E-state index contributed by atoms with van der Waals surface area (Å²) in [5.41, 5.74) is 0. The van der Waals surface area contributed by atoms with Crippen molar-refractivity contribution in [2.45, 2.75) is 0 Å². The molecule has 0 rings (SSSR count). The Morgan fingerprint density at radius 3 is 2.33 bits per heavy atom. The number of rotatable bonds is 4. The van der Waals surface area contributed by atoms with Gasteiger partial charge in [-0.1, -0.05) is 0 Å². The summed E-state index contributed by atoms with van der Waals surface area (Å²) in [6, 6.07) is 0. The molecule has 0 saturated heterocycles. The second-order valence-corrected chi connectivity index (χ2v) is 3.15. The minimum Gasteiger partial charge on any atom is -0.394 e. The molecule has 5 nitrogen and oxygen atoms in total. The summed E-state index contributed by atoms with van der Waals surface area (Å²) in [6.07, 6.45) is -0.910. The van der Waals surface area contributed by atoms with E-state index in [1.54, 1.807) is 0 Å². The molecule has 0 aliphatic rings. The van der Waals surface area contributed by atoms with Gasteiger partial charge < -0.3 is 19.6 Å². The highest BCUT2D eigenvalue weighted by atomic mass is 31.2. The van der Waals surface area contributed by atoms with Gasteiger partial charge in [0.1, 0.15) is 6.35 Å². The number of aliphatic hydroxyl groups is 2. The summed E-state index contributed by atoms with van der Waals surface area (Å²) in [5.74, 6) is 0. The fourth-order valence-corrected chi connectivity index (χ4v) is 0.673. The van der Waals surface area contributed by atoms with E-state index in [1.807, 2.05) is 0 Å². The molecule has 9 heavy (non-hydrogen) atoms. The lowest BCUT2D eigenvalue weighted by Gasteiger charge is -2.05. The molecule has 0 aliphatic carbocycles. The van der Waals surface area contributed by atoms with Crippen molar-refractivity contribution in [1.82, 2.24) is 0 Å². The van der Waals surface area contributed by atoms with Gasteiger partial charge in [0.15, 0.2) is 0 Å². The maximum atomic E-state index is 10.3. The molecule has 0 aliphatic heterocycles. The molecule has 0 bridgehead atoms.